The summed E-state index contributed by atoms with van der Waals surface area (Å²) in [5.74, 6) is 3.10. The number of hydrogen-bond acceptors (Lipinski definition) is 7. The van der Waals surface area contributed by atoms with Crippen LogP contribution in [-0.4, -0.2) is 67.2 Å². The van der Waals surface area contributed by atoms with Gasteiger partial charge in [-0.25, -0.2) is 9.97 Å². The van der Waals surface area contributed by atoms with Gasteiger partial charge in [0.2, 0.25) is 5.91 Å². The van der Waals surface area contributed by atoms with Gasteiger partial charge in [-0.3, -0.25) is 9.69 Å². The van der Waals surface area contributed by atoms with Gasteiger partial charge < -0.3 is 19.7 Å². The summed E-state index contributed by atoms with van der Waals surface area (Å²) >= 11 is 0. The van der Waals surface area contributed by atoms with Gasteiger partial charge in [0.25, 0.3) is 0 Å². The highest BCUT2D eigenvalue weighted by atomic mass is 16.5. The molecule has 2 saturated heterocycles. The molecule has 29 heavy (non-hydrogen) atoms. The van der Waals surface area contributed by atoms with Crippen LogP contribution < -0.4 is 19.7 Å². The number of methoxy groups -OCH3 is 2. The maximum atomic E-state index is 12.2. The van der Waals surface area contributed by atoms with Gasteiger partial charge in [-0.1, -0.05) is 6.92 Å². The lowest BCUT2D eigenvalue weighted by atomic mass is 10.1. The summed E-state index contributed by atoms with van der Waals surface area (Å²) < 4.78 is 11.0. The van der Waals surface area contributed by atoms with Crippen LogP contribution in [0.25, 0.3) is 10.9 Å². The van der Waals surface area contributed by atoms with Crippen LogP contribution in [0.2, 0.25) is 0 Å². The summed E-state index contributed by atoms with van der Waals surface area (Å²) in [7, 11) is 3.27. The van der Waals surface area contributed by atoms with E-state index in [2.05, 4.69) is 15.1 Å². The van der Waals surface area contributed by atoms with E-state index in [1.807, 2.05) is 19.1 Å². The predicted octanol–water partition coefficient (Wildman–Crippen LogP) is 1.96. The number of aromatic nitrogens is 2. The Balaban J connectivity index is 1.77. The average molecular weight is 399 g/mol. The lowest BCUT2D eigenvalue weighted by Gasteiger charge is -2.34. The normalized spacial score (nSPS) is 20.2. The molecule has 4 rings (SSSR count). The largest absolute Gasteiger partial charge is 0.493 e. The quantitative estimate of drug-likeness (QED) is 0.795. The Morgan fingerprint density at radius 1 is 1.10 bits per heavy atom. The number of benzene rings is 1. The van der Waals surface area contributed by atoms with E-state index in [1.54, 1.807) is 14.2 Å². The van der Waals surface area contributed by atoms with Crippen LogP contribution in [0.15, 0.2) is 12.1 Å². The third kappa shape index (κ3) is 3.81. The van der Waals surface area contributed by atoms with Crippen molar-refractivity contribution in [2.75, 3.05) is 45.3 Å². The van der Waals surface area contributed by atoms with Gasteiger partial charge in [0.1, 0.15) is 11.6 Å². The highest BCUT2D eigenvalue weighted by molar-refractivity contribution is 5.92. The van der Waals surface area contributed by atoms with E-state index >= 15 is 0 Å². The summed E-state index contributed by atoms with van der Waals surface area (Å²) in [4.78, 5) is 26.5. The monoisotopic (exact) mass is 399 g/mol. The molecule has 156 valence electrons. The first-order valence-corrected chi connectivity index (χ1v) is 10.3. The third-order valence-corrected chi connectivity index (χ3v) is 5.81. The van der Waals surface area contributed by atoms with Crippen LogP contribution in [0, 0.1) is 0 Å². The maximum absolute atomic E-state index is 12.2. The van der Waals surface area contributed by atoms with Crippen LogP contribution in [-0.2, 0) is 11.3 Å². The summed E-state index contributed by atoms with van der Waals surface area (Å²) in [5.41, 5.74) is 0.837. The molecule has 8 heteroatoms. The molecule has 0 radical (unpaired) electrons. The number of ether oxygens (including phenoxy) is 2. The Morgan fingerprint density at radius 2 is 1.83 bits per heavy atom. The molecule has 1 atom stereocenters. The summed E-state index contributed by atoms with van der Waals surface area (Å²) in [6.07, 6.45) is 3.10. The van der Waals surface area contributed by atoms with E-state index in [0.29, 0.717) is 24.6 Å². The van der Waals surface area contributed by atoms with Crippen LogP contribution in [0.5, 0.6) is 11.5 Å². The van der Waals surface area contributed by atoms with Crippen molar-refractivity contribution >= 4 is 22.6 Å². The number of carbonyl (C=O) groups excluding carboxylic acids is 1. The minimum atomic E-state index is -0.135. The van der Waals surface area contributed by atoms with Crippen molar-refractivity contribution in [3.8, 4) is 11.5 Å². The molecule has 1 aromatic heterocycles. The molecule has 2 aliphatic rings. The Hall–Kier alpha value is -2.61. The van der Waals surface area contributed by atoms with Crippen LogP contribution in [0.1, 0.15) is 32.0 Å². The number of fused-ring (bicyclic) bond motifs is 1. The van der Waals surface area contributed by atoms with Crippen molar-refractivity contribution in [3.05, 3.63) is 18.0 Å². The van der Waals surface area contributed by atoms with Gasteiger partial charge in [-0.05, 0) is 25.3 Å². The lowest BCUT2D eigenvalue weighted by molar-refractivity contribution is -0.129. The van der Waals surface area contributed by atoms with Crippen LogP contribution >= 0.6 is 0 Å². The third-order valence-electron chi connectivity index (χ3n) is 5.81. The maximum Gasteiger partial charge on any atom is 0.237 e. The second kappa shape index (κ2) is 8.41. The molecule has 3 heterocycles. The average Bonchev–Trinajstić information content (AvgIpc) is 3.27. The highest BCUT2D eigenvalue weighted by Gasteiger charge is 2.29. The molecule has 8 nitrogen and oxygen atoms in total. The van der Waals surface area contributed by atoms with Crippen molar-refractivity contribution in [1.29, 1.82) is 0 Å². The molecule has 0 unspecified atom stereocenters. The molecule has 2 aliphatic heterocycles. The molecule has 0 bridgehead atoms. The molecule has 0 aliphatic carbocycles. The minimum absolute atomic E-state index is 0.0886. The smallest absolute Gasteiger partial charge is 0.237 e. The zero-order valence-corrected chi connectivity index (χ0v) is 17.4. The van der Waals surface area contributed by atoms with Gasteiger partial charge in [0.15, 0.2) is 11.5 Å². The fourth-order valence-electron chi connectivity index (χ4n) is 4.30. The molecule has 0 spiro atoms. The Morgan fingerprint density at radius 3 is 2.52 bits per heavy atom. The van der Waals surface area contributed by atoms with Crippen LogP contribution in [0.3, 0.4) is 0 Å². The molecule has 2 fully saturated rings. The van der Waals surface area contributed by atoms with E-state index in [9.17, 15) is 4.79 Å². The number of carbonyl (C=O) groups is 1. The first-order valence-electron chi connectivity index (χ1n) is 10.3. The number of amides is 1. The molecule has 1 amide bonds. The fraction of sp³-hybridized carbons (Fsp3) is 0.571. The standard InChI is InChI=1S/C21H29N5O3/c1-4-16-21(27)22-7-10-26(16)13-19-23-15-12-18(29-3)17(28-2)11-14(15)20(24-19)25-8-5-6-9-25/h11-12,16H,4-10,13H2,1-3H3,(H,22,27)/t16-/m1/s1. The number of piperazine rings is 1. The first-order chi connectivity index (χ1) is 14.1. The Labute approximate surface area is 171 Å². The van der Waals surface area contributed by atoms with Gasteiger partial charge in [0, 0.05) is 37.6 Å². The Kier molecular flexibility index (Phi) is 5.71. The van der Waals surface area contributed by atoms with Gasteiger partial charge in [0.05, 0.1) is 32.3 Å². The van der Waals surface area contributed by atoms with E-state index in [0.717, 1.165) is 48.6 Å². The van der Waals surface area contributed by atoms with Crippen LogP contribution in [0.4, 0.5) is 5.82 Å². The van der Waals surface area contributed by atoms with Crippen molar-refractivity contribution in [3.63, 3.8) is 0 Å². The zero-order chi connectivity index (χ0) is 20.4. The number of nitrogens with one attached hydrogen (secondary N) is 1. The van der Waals surface area contributed by atoms with E-state index < -0.39 is 0 Å². The van der Waals surface area contributed by atoms with Crippen molar-refractivity contribution in [2.45, 2.75) is 38.8 Å². The molecule has 1 N–H and O–H groups in total. The van der Waals surface area contributed by atoms with Gasteiger partial charge in [-0.2, -0.15) is 0 Å². The Bertz CT molecular complexity index is 898. The number of hydrogen-bond donors (Lipinski definition) is 1. The predicted molar refractivity (Wildman–Crippen MR) is 112 cm³/mol. The summed E-state index contributed by atoms with van der Waals surface area (Å²) in [6.45, 7) is 6.03. The van der Waals surface area contributed by atoms with E-state index in [4.69, 9.17) is 19.4 Å². The molecular formula is C21H29N5O3. The molecular weight excluding hydrogens is 370 g/mol. The second-order valence-electron chi connectivity index (χ2n) is 7.57. The molecule has 0 saturated carbocycles. The van der Waals surface area contributed by atoms with E-state index in [1.165, 1.54) is 12.8 Å². The topological polar surface area (TPSA) is 79.8 Å². The molecule has 1 aromatic carbocycles. The number of nitrogens with zero attached hydrogens (tertiary/aromatic N) is 4. The highest BCUT2D eigenvalue weighted by Crippen LogP contribution is 2.36. The first kappa shape index (κ1) is 19.7. The fourth-order valence-corrected chi connectivity index (χ4v) is 4.30. The number of rotatable bonds is 6. The summed E-state index contributed by atoms with van der Waals surface area (Å²) in [5, 5.41) is 3.92. The van der Waals surface area contributed by atoms with Gasteiger partial charge in [-0.15, -0.1) is 0 Å². The second-order valence-corrected chi connectivity index (χ2v) is 7.57. The van der Waals surface area contributed by atoms with E-state index in [-0.39, 0.29) is 11.9 Å². The summed E-state index contributed by atoms with van der Waals surface area (Å²) in [6, 6.07) is 3.75. The zero-order valence-electron chi connectivity index (χ0n) is 17.4. The van der Waals surface area contributed by atoms with Crippen molar-refractivity contribution in [1.82, 2.24) is 20.2 Å². The SMILES string of the molecule is CC[C@@H]1C(=O)NCCN1Cc1nc(N2CCCC2)c2cc(OC)c(OC)cc2n1. The lowest BCUT2D eigenvalue weighted by Crippen LogP contribution is -2.54. The molecule has 2 aromatic rings. The van der Waals surface area contributed by atoms with Gasteiger partial charge >= 0.3 is 0 Å². The minimum Gasteiger partial charge on any atom is -0.493 e. The number of anilines is 1. The van der Waals surface area contributed by atoms with Crippen molar-refractivity contribution < 1.29 is 14.3 Å². The van der Waals surface area contributed by atoms with Crippen molar-refractivity contribution in [2.24, 2.45) is 0 Å².